The number of hydrogen-bond donors (Lipinski definition) is 2. The molecule has 0 aliphatic carbocycles. The molecular weight excluding hydrogens is 230 g/mol. The smallest absolute Gasteiger partial charge is 0.353 e. The van der Waals surface area contributed by atoms with E-state index in [1.165, 1.54) is 19.1 Å². The Labute approximate surface area is 94.9 Å². The van der Waals surface area contributed by atoms with Gasteiger partial charge in [0.2, 0.25) is 0 Å². The summed E-state index contributed by atoms with van der Waals surface area (Å²) in [5.41, 5.74) is 0.304. The van der Waals surface area contributed by atoms with E-state index in [0.29, 0.717) is 0 Å². The number of carbonyl (C=O) groups is 1. The lowest BCUT2D eigenvalue weighted by atomic mass is 10.1. The predicted octanol–water partition coefficient (Wildman–Crippen LogP) is 2.36. The first-order valence-electron chi connectivity index (χ1n) is 4.73. The van der Waals surface area contributed by atoms with Crippen LogP contribution >= 0.6 is 0 Å². The molecule has 1 aromatic carbocycles. The van der Waals surface area contributed by atoms with Gasteiger partial charge in [0.25, 0.3) is 0 Å². The van der Waals surface area contributed by atoms with E-state index in [9.17, 15) is 13.6 Å². The molecule has 0 unspecified atom stereocenters. The summed E-state index contributed by atoms with van der Waals surface area (Å²) in [4.78, 5) is 10.6. The second-order valence-electron chi connectivity index (χ2n) is 3.55. The first kappa shape index (κ1) is 11.3. The van der Waals surface area contributed by atoms with E-state index in [1.54, 1.807) is 0 Å². The van der Waals surface area contributed by atoms with E-state index in [-0.39, 0.29) is 22.5 Å². The molecule has 88 valence electrons. The Hall–Kier alpha value is -2.24. The highest BCUT2D eigenvalue weighted by Gasteiger charge is 2.14. The Bertz CT molecular complexity index is 593. The summed E-state index contributed by atoms with van der Waals surface area (Å²) in [5, 5.41) is 14.6. The Morgan fingerprint density at radius 3 is 2.59 bits per heavy atom. The summed E-state index contributed by atoms with van der Waals surface area (Å²) >= 11 is 0. The number of aromatic nitrogens is 2. The number of hydrogen-bond acceptors (Lipinski definition) is 2. The van der Waals surface area contributed by atoms with Crippen LogP contribution < -0.4 is 0 Å². The van der Waals surface area contributed by atoms with Gasteiger partial charge in [0.05, 0.1) is 5.69 Å². The Morgan fingerprint density at radius 1 is 1.29 bits per heavy atom. The third-order valence-corrected chi connectivity index (χ3v) is 2.33. The van der Waals surface area contributed by atoms with Crippen molar-refractivity contribution in [2.45, 2.75) is 6.92 Å². The number of nitrogens with one attached hydrogen (secondary N) is 1. The molecule has 6 heteroatoms. The van der Waals surface area contributed by atoms with Crippen LogP contribution in [0.5, 0.6) is 0 Å². The van der Waals surface area contributed by atoms with Crippen molar-refractivity contribution < 1.29 is 18.7 Å². The van der Waals surface area contributed by atoms with Crippen molar-refractivity contribution in [3.8, 4) is 11.3 Å². The molecule has 2 aromatic rings. The van der Waals surface area contributed by atoms with Gasteiger partial charge in [-0.1, -0.05) is 0 Å². The average Bonchev–Trinajstić information content (AvgIpc) is 2.72. The number of halogens is 2. The highest BCUT2D eigenvalue weighted by atomic mass is 19.1. The minimum absolute atomic E-state index is 0.0626. The topological polar surface area (TPSA) is 66.0 Å². The summed E-state index contributed by atoms with van der Waals surface area (Å²) in [7, 11) is 0. The van der Waals surface area contributed by atoms with E-state index >= 15 is 0 Å². The molecule has 0 bridgehead atoms. The van der Waals surface area contributed by atoms with Gasteiger partial charge in [-0.15, -0.1) is 0 Å². The Morgan fingerprint density at radius 2 is 2.00 bits per heavy atom. The quantitative estimate of drug-likeness (QED) is 0.844. The molecule has 0 saturated carbocycles. The highest BCUT2D eigenvalue weighted by molar-refractivity contribution is 5.86. The molecule has 0 radical (unpaired) electrons. The lowest BCUT2D eigenvalue weighted by Gasteiger charge is -2.02. The fourth-order valence-electron chi connectivity index (χ4n) is 1.42. The molecule has 0 spiro atoms. The van der Waals surface area contributed by atoms with Gasteiger partial charge in [0, 0.05) is 11.6 Å². The van der Waals surface area contributed by atoms with Crippen LogP contribution in [0.2, 0.25) is 0 Å². The number of H-pyrrole nitrogens is 1. The van der Waals surface area contributed by atoms with Crippen LogP contribution in [0.4, 0.5) is 8.78 Å². The van der Waals surface area contributed by atoms with Crippen molar-refractivity contribution in [2.24, 2.45) is 0 Å². The molecular formula is C11H8F2N2O2. The number of rotatable bonds is 2. The Kier molecular flexibility index (Phi) is 2.63. The minimum Gasteiger partial charge on any atom is -0.477 e. The van der Waals surface area contributed by atoms with Gasteiger partial charge in [0.15, 0.2) is 0 Å². The summed E-state index contributed by atoms with van der Waals surface area (Å²) in [6.07, 6.45) is 0. The van der Waals surface area contributed by atoms with E-state index in [0.717, 1.165) is 6.07 Å². The predicted molar refractivity (Wildman–Crippen MR) is 55.6 cm³/mol. The molecule has 0 amide bonds. The van der Waals surface area contributed by atoms with Crippen LogP contribution in [0, 0.1) is 18.6 Å². The van der Waals surface area contributed by atoms with Crippen LogP contribution in [-0.4, -0.2) is 21.3 Å². The molecule has 2 rings (SSSR count). The number of benzene rings is 1. The largest absolute Gasteiger partial charge is 0.477 e. The fraction of sp³-hybridized carbons (Fsp3) is 0.0909. The minimum atomic E-state index is -1.19. The van der Waals surface area contributed by atoms with Crippen molar-refractivity contribution in [1.29, 1.82) is 0 Å². The second-order valence-corrected chi connectivity index (χ2v) is 3.55. The number of aromatic amines is 1. The number of nitrogens with zero attached hydrogens (tertiary/aromatic N) is 1. The van der Waals surface area contributed by atoms with Crippen LogP contribution in [-0.2, 0) is 0 Å². The van der Waals surface area contributed by atoms with Crippen molar-refractivity contribution in [3.05, 3.63) is 41.1 Å². The first-order chi connectivity index (χ1) is 7.99. The number of aryl methyl sites for hydroxylation is 1. The molecule has 0 fully saturated rings. The van der Waals surface area contributed by atoms with Gasteiger partial charge in [-0.05, 0) is 24.6 Å². The van der Waals surface area contributed by atoms with Crippen LogP contribution in [0.3, 0.4) is 0 Å². The van der Waals surface area contributed by atoms with E-state index < -0.39 is 17.6 Å². The first-order valence-corrected chi connectivity index (χ1v) is 4.73. The molecule has 1 aromatic heterocycles. The summed E-state index contributed by atoms with van der Waals surface area (Å²) in [6, 6.07) is 3.23. The number of carboxylic acids is 1. The monoisotopic (exact) mass is 238 g/mol. The molecule has 0 atom stereocenters. The SMILES string of the molecule is Cc1cc(-c2cc(C(=O)O)[nH]n2)c(F)cc1F. The molecule has 17 heavy (non-hydrogen) atoms. The van der Waals surface area contributed by atoms with E-state index in [2.05, 4.69) is 10.2 Å². The van der Waals surface area contributed by atoms with Gasteiger partial charge in [-0.3, -0.25) is 5.10 Å². The normalized spacial score (nSPS) is 10.5. The van der Waals surface area contributed by atoms with Crippen molar-refractivity contribution in [2.75, 3.05) is 0 Å². The summed E-state index contributed by atoms with van der Waals surface area (Å²) in [5.74, 6) is -2.63. The number of aromatic carboxylic acids is 1. The zero-order valence-electron chi connectivity index (χ0n) is 8.79. The van der Waals surface area contributed by atoms with Gasteiger partial charge in [-0.25, -0.2) is 13.6 Å². The molecule has 1 heterocycles. The van der Waals surface area contributed by atoms with Crippen molar-refractivity contribution in [1.82, 2.24) is 10.2 Å². The lowest BCUT2D eigenvalue weighted by Crippen LogP contribution is -1.95. The zero-order valence-corrected chi connectivity index (χ0v) is 8.79. The second kappa shape index (κ2) is 3.97. The maximum atomic E-state index is 13.5. The van der Waals surface area contributed by atoms with Gasteiger partial charge < -0.3 is 5.11 Å². The van der Waals surface area contributed by atoms with Gasteiger partial charge in [-0.2, -0.15) is 5.10 Å². The zero-order chi connectivity index (χ0) is 12.6. The third-order valence-electron chi connectivity index (χ3n) is 2.33. The van der Waals surface area contributed by atoms with Gasteiger partial charge in [0.1, 0.15) is 17.3 Å². The van der Waals surface area contributed by atoms with Gasteiger partial charge >= 0.3 is 5.97 Å². The average molecular weight is 238 g/mol. The number of carboxylic acid groups (broad SMARTS) is 1. The molecule has 0 aliphatic rings. The maximum absolute atomic E-state index is 13.5. The third kappa shape index (κ3) is 2.01. The standard InChI is InChI=1S/C11H8F2N2O2/c1-5-2-6(8(13)3-7(5)12)9-4-10(11(16)17)15-14-9/h2-4H,1H3,(H,14,15)(H,16,17). The fourth-order valence-corrected chi connectivity index (χ4v) is 1.42. The van der Waals surface area contributed by atoms with E-state index in [4.69, 9.17) is 5.11 Å². The summed E-state index contributed by atoms with van der Waals surface area (Å²) < 4.78 is 26.5. The molecule has 0 aliphatic heterocycles. The Balaban J connectivity index is 2.52. The molecule has 4 nitrogen and oxygen atoms in total. The van der Waals surface area contributed by atoms with Crippen LogP contribution in [0.25, 0.3) is 11.3 Å². The van der Waals surface area contributed by atoms with Crippen LogP contribution in [0.1, 0.15) is 16.1 Å². The molecule has 0 saturated heterocycles. The lowest BCUT2D eigenvalue weighted by molar-refractivity contribution is 0.0690. The summed E-state index contributed by atoms with van der Waals surface area (Å²) in [6.45, 7) is 1.49. The highest BCUT2D eigenvalue weighted by Crippen LogP contribution is 2.24. The maximum Gasteiger partial charge on any atom is 0.353 e. The van der Waals surface area contributed by atoms with E-state index in [1.807, 2.05) is 0 Å². The van der Waals surface area contributed by atoms with Crippen molar-refractivity contribution >= 4 is 5.97 Å². The van der Waals surface area contributed by atoms with Crippen LogP contribution in [0.15, 0.2) is 18.2 Å². The van der Waals surface area contributed by atoms with Crippen molar-refractivity contribution in [3.63, 3.8) is 0 Å². The molecule has 2 N–H and O–H groups in total.